The van der Waals surface area contributed by atoms with Crippen LogP contribution in [0, 0.1) is 0 Å². The number of nitrogens with zero attached hydrogens (tertiary/aromatic N) is 2. The van der Waals surface area contributed by atoms with Gasteiger partial charge in [0.05, 0.1) is 6.10 Å². The van der Waals surface area contributed by atoms with Gasteiger partial charge < -0.3 is 15.4 Å². The average Bonchev–Trinajstić information content (AvgIpc) is 2.31. The van der Waals surface area contributed by atoms with Gasteiger partial charge in [0, 0.05) is 26.3 Å². The quantitative estimate of drug-likeness (QED) is 0.882. The summed E-state index contributed by atoms with van der Waals surface area (Å²) in [7, 11) is 3.13. The van der Waals surface area contributed by atoms with Gasteiger partial charge in [-0.3, -0.25) is 0 Å². The second-order valence-electron chi connectivity index (χ2n) is 4.38. The van der Waals surface area contributed by atoms with Crippen molar-refractivity contribution in [3.8, 4) is 0 Å². The minimum absolute atomic E-state index is 0.0886. The number of methoxy groups -OCH3 is 1. The second-order valence-corrected chi connectivity index (χ2v) is 4.38. The summed E-state index contributed by atoms with van der Waals surface area (Å²) in [5, 5.41) is 5.55. The number of hydrogen-bond acceptors (Lipinski definition) is 5. The minimum Gasteiger partial charge on any atom is -0.381 e. The Kier molecular flexibility index (Phi) is 3.79. The summed E-state index contributed by atoms with van der Waals surface area (Å²) in [5.74, 6) is -0.844. The highest BCUT2D eigenvalue weighted by atomic mass is 19.4. The highest BCUT2D eigenvalue weighted by molar-refractivity contribution is 5.48. The van der Waals surface area contributed by atoms with Gasteiger partial charge in [-0.2, -0.15) is 13.2 Å². The molecule has 106 valence electrons. The van der Waals surface area contributed by atoms with Crippen molar-refractivity contribution in [2.45, 2.75) is 31.2 Å². The molecule has 1 aromatic rings. The van der Waals surface area contributed by atoms with Crippen LogP contribution in [0.5, 0.6) is 0 Å². The molecule has 1 fully saturated rings. The normalized spacial score (nSPS) is 22.8. The van der Waals surface area contributed by atoms with Crippen LogP contribution in [0.15, 0.2) is 6.07 Å². The molecule has 19 heavy (non-hydrogen) atoms. The van der Waals surface area contributed by atoms with Crippen LogP contribution in [0.2, 0.25) is 0 Å². The van der Waals surface area contributed by atoms with Gasteiger partial charge in [0.25, 0.3) is 0 Å². The fraction of sp³-hybridized carbons (Fsp3) is 0.636. The van der Waals surface area contributed by atoms with Gasteiger partial charge in [0.1, 0.15) is 11.6 Å². The number of anilines is 2. The van der Waals surface area contributed by atoms with Crippen LogP contribution < -0.4 is 10.6 Å². The van der Waals surface area contributed by atoms with Gasteiger partial charge in [-0.1, -0.05) is 0 Å². The monoisotopic (exact) mass is 276 g/mol. The highest BCUT2D eigenvalue weighted by Crippen LogP contribution is 2.30. The summed E-state index contributed by atoms with van der Waals surface area (Å²) in [6.45, 7) is 0. The van der Waals surface area contributed by atoms with E-state index in [1.54, 1.807) is 7.11 Å². The van der Waals surface area contributed by atoms with Gasteiger partial charge in [-0.25, -0.2) is 9.97 Å². The maximum Gasteiger partial charge on any atom is 0.451 e. The lowest BCUT2D eigenvalue weighted by Gasteiger charge is -2.35. The number of rotatable bonds is 4. The second kappa shape index (κ2) is 5.20. The maximum absolute atomic E-state index is 12.6. The van der Waals surface area contributed by atoms with Gasteiger partial charge >= 0.3 is 6.18 Å². The van der Waals surface area contributed by atoms with Crippen molar-refractivity contribution in [3.63, 3.8) is 0 Å². The lowest BCUT2D eigenvalue weighted by atomic mass is 9.89. The Morgan fingerprint density at radius 1 is 1.26 bits per heavy atom. The molecule has 0 radical (unpaired) electrons. The van der Waals surface area contributed by atoms with E-state index in [1.807, 2.05) is 0 Å². The first kappa shape index (κ1) is 13.9. The molecule has 0 bridgehead atoms. The predicted octanol–water partition coefficient (Wildman–Crippen LogP) is 2.13. The zero-order valence-electron chi connectivity index (χ0n) is 10.6. The zero-order chi connectivity index (χ0) is 14.0. The molecule has 2 rings (SSSR count). The molecule has 5 nitrogen and oxygen atoms in total. The Morgan fingerprint density at radius 3 is 2.42 bits per heavy atom. The van der Waals surface area contributed by atoms with E-state index in [1.165, 1.54) is 13.1 Å². The lowest BCUT2D eigenvalue weighted by Crippen LogP contribution is -2.40. The Bertz CT molecular complexity index is 446. The van der Waals surface area contributed by atoms with Gasteiger partial charge in [0.15, 0.2) is 0 Å². The van der Waals surface area contributed by atoms with Crippen LogP contribution in [0.4, 0.5) is 24.8 Å². The SMILES string of the molecule is CNc1cc(NC2CC(OC)C2)nc(C(F)(F)F)n1. The van der Waals surface area contributed by atoms with Crippen molar-refractivity contribution >= 4 is 11.6 Å². The van der Waals surface area contributed by atoms with Crippen LogP contribution in [0.3, 0.4) is 0 Å². The Balaban J connectivity index is 2.12. The highest BCUT2D eigenvalue weighted by Gasteiger charge is 2.36. The minimum atomic E-state index is -4.56. The molecule has 0 unspecified atom stereocenters. The van der Waals surface area contributed by atoms with E-state index < -0.39 is 12.0 Å². The summed E-state index contributed by atoms with van der Waals surface area (Å²) >= 11 is 0. The summed E-state index contributed by atoms with van der Waals surface area (Å²) < 4.78 is 43.0. The van der Waals surface area contributed by atoms with Gasteiger partial charge in [0.2, 0.25) is 5.82 Å². The largest absolute Gasteiger partial charge is 0.451 e. The molecule has 0 atom stereocenters. The third-order valence-electron chi connectivity index (χ3n) is 3.02. The third kappa shape index (κ3) is 3.25. The predicted molar refractivity (Wildman–Crippen MR) is 64.0 cm³/mol. The maximum atomic E-state index is 12.6. The van der Waals surface area contributed by atoms with E-state index in [9.17, 15) is 13.2 Å². The fourth-order valence-corrected chi connectivity index (χ4v) is 1.86. The van der Waals surface area contributed by atoms with E-state index in [0.717, 1.165) is 12.8 Å². The molecule has 1 aromatic heterocycles. The molecule has 0 amide bonds. The number of ether oxygens (including phenoxy) is 1. The van der Waals surface area contributed by atoms with E-state index in [-0.39, 0.29) is 23.8 Å². The van der Waals surface area contributed by atoms with Gasteiger partial charge in [-0.05, 0) is 12.8 Å². The average molecular weight is 276 g/mol. The van der Waals surface area contributed by atoms with Gasteiger partial charge in [-0.15, -0.1) is 0 Å². The Morgan fingerprint density at radius 2 is 1.89 bits per heavy atom. The lowest BCUT2D eigenvalue weighted by molar-refractivity contribution is -0.144. The molecule has 0 aliphatic heterocycles. The third-order valence-corrected chi connectivity index (χ3v) is 3.02. The van der Waals surface area contributed by atoms with E-state index in [4.69, 9.17) is 4.74 Å². The molecule has 0 aromatic carbocycles. The molecule has 1 heterocycles. The van der Waals surface area contributed by atoms with Crippen LogP contribution in [-0.4, -0.2) is 36.3 Å². The van der Waals surface area contributed by atoms with Crippen LogP contribution in [-0.2, 0) is 10.9 Å². The standard InChI is InChI=1S/C11H15F3N4O/c1-15-8-5-9(16-6-3-7(4-6)19-2)18-10(17-8)11(12,13)14/h5-7H,3-4H2,1-2H3,(H2,15,16,17,18). The van der Waals surface area contributed by atoms with Crippen LogP contribution >= 0.6 is 0 Å². The molecule has 8 heteroatoms. The topological polar surface area (TPSA) is 59.1 Å². The number of aromatic nitrogens is 2. The molecule has 0 spiro atoms. The first-order chi connectivity index (χ1) is 8.92. The number of nitrogens with one attached hydrogen (secondary N) is 2. The molecule has 1 aliphatic carbocycles. The van der Waals surface area contributed by atoms with Crippen molar-refractivity contribution in [2.24, 2.45) is 0 Å². The summed E-state index contributed by atoms with van der Waals surface area (Å²) in [4.78, 5) is 6.89. The number of hydrogen-bond donors (Lipinski definition) is 2. The van der Waals surface area contributed by atoms with E-state index in [0.29, 0.717) is 0 Å². The van der Waals surface area contributed by atoms with E-state index >= 15 is 0 Å². The molecule has 1 saturated carbocycles. The fourth-order valence-electron chi connectivity index (χ4n) is 1.86. The first-order valence-corrected chi connectivity index (χ1v) is 5.85. The molecule has 0 saturated heterocycles. The smallest absolute Gasteiger partial charge is 0.381 e. The van der Waals surface area contributed by atoms with Crippen molar-refractivity contribution in [1.29, 1.82) is 0 Å². The Labute approximate surface area is 108 Å². The molecule has 2 N–H and O–H groups in total. The summed E-state index contributed by atoms with van der Waals surface area (Å²) in [6.07, 6.45) is -2.86. The Hall–Kier alpha value is -1.57. The number of alkyl halides is 3. The van der Waals surface area contributed by atoms with E-state index in [2.05, 4.69) is 20.6 Å². The first-order valence-electron chi connectivity index (χ1n) is 5.85. The van der Waals surface area contributed by atoms with Crippen molar-refractivity contribution in [3.05, 3.63) is 11.9 Å². The van der Waals surface area contributed by atoms with Crippen molar-refractivity contribution < 1.29 is 17.9 Å². The molecular weight excluding hydrogens is 261 g/mol. The van der Waals surface area contributed by atoms with Crippen molar-refractivity contribution in [1.82, 2.24) is 9.97 Å². The molecular formula is C11H15F3N4O. The molecule has 1 aliphatic rings. The zero-order valence-corrected chi connectivity index (χ0v) is 10.6. The summed E-state index contributed by atoms with van der Waals surface area (Å²) in [5.41, 5.74) is 0. The van der Waals surface area contributed by atoms with Crippen molar-refractivity contribution in [2.75, 3.05) is 24.8 Å². The summed E-state index contributed by atoms with van der Waals surface area (Å²) in [6, 6.07) is 1.54. The number of halogens is 3. The van der Waals surface area contributed by atoms with Crippen LogP contribution in [0.1, 0.15) is 18.7 Å². The van der Waals surface area contributed by atoms with Crippen LogP contribution in [0.25, 0.3) is 0 Å².